The van der Waals surface area contributed by atoms with Crippen LogP contribution in [0.25, 0.3) is 16.8 Å². The van der Waals surface area contributed by atoms with Crippen LogP contribution in [-0.2, 0) is 5.60 Å². The predicted octanol–water partition coefficient (Wildman–Crippen LogP) is 8.18. The highest BCUT2D eigenvalue weighted by Crippen LogP contribution is 2.48. The number of hydrogen-bond donors (Lipinski definition) is 0. The Morgan fingerprint density at radius 1 is 0.895 bits per heavy atom. The molecule has 0 bridgehead atoms. The zero-order chi connectivity index (χ0) is 26.3. The van der Waals surface area contributed by atoms with Crippen molar-refractivity contribution in [2.75, 3.05) is 43.7 Å². The zero-order valence-corrected chi connectivity index (χ0v) is 24.3. The van der Waals surface area contributed by atoms with E-state index >= 15 is 0 Å². The van der Waals surface area contributed by atoms with Gasteiger partial charge in [-0.25, -0.2) is 0 Å². The Morgan fingerprint density at radius 2 is 1.58 bits per heavy atom. The van der Waals surface area contributed by atoms with Crippen LogP contribution in [0.5, 0.6) is 17.2 Å². The molecule has 4 nitrogen and oxygen atoms in total. The molecule has 0 radical (unpaired) electrons. The summed E-state index contributed by atoms with van der Waals surface area (Å²) in [4.78, 5) is 2.48. The molecule has 0 aliphatic carbocycles. The fourth-order valence-electron chi connectivity index (χ4n) is 5.36. The second-order valence-corrected chi connectivity index (χ2v) is 11.8. The van der Waals surface area contributed by atoms with Gasteiger partial charge in [-0.3, -0.25) is 0 Å². The summed E-state index contributed by atoms with van der Waals surface area (Å²) in [6.45, 7) is 2.04. The van der Waals surface area contributed by atoms with Crippen LogP contribution in [0.2, 0.25) is 5.02 Å². The van der Waals surface area contributed by atoms with Gasteiger partial charge in [-0.15, -0.1) is 0 Å². The number of nitrogens with zero attached hydrogens (tertiary/aromatic N) is 1. The Kier molecular flexibility index (Phi) is 6.97. The van der Waals surface area contributed by atoms with Crippen LogP contribution in [0.1, 0.15) is 16.7 Å². The highest BCUT2D eigenvalue weighted by atomic mass is 79.9. The Hall–Kier alpha value is -2.80. The highest BCUT2D eigenvalue weighted by Gasteiger charge is 2.39. The Balaban J connectivity index is 1.57. The number of thioether (sulfide) groups is 1. The fourth-order valence-corrected chi connectivity index (χ4v) is 7.06. The van der Waals surface area contributed by atoms with Gasteiger partial charge >= 0.3 is 0 Å². The Labute approximate surface area is 240 Å². The summed E-state index contributed by atoms with van der Waals surface area (Å²) in [5.41, 5.74) is 3.25. The summed E-state index contributed by atoms with van der Waals surface area (Å²) in [6.07, 6.45) is 4.32. The zero-order valence-electron chi connectivity index (χ0n) is 21.2. The molecule has 194 valence electrons. The van der Waals surface area contributed by atoms with Crippen molar-refractivity contribution in [2.24, 2.45) is 0 Å². The maximum Gasteiger partial charge on any atom is 0.178 e. The number of rotatable bonds is 5. The van der Waals surface area contributed by atoms with Crippen LogP contribution < -0.4 is 19.1 Å². The molecule has 1 fully saturated rings. The smallest absolute Gasteiger partial charge is 0.178 e. The van der Waals surface area contributed by atoms with Gasteiger partial charge < -0.3 is 19.1 Å². The Bertz CT molecular complexity index is 1500. The van der Waals surface area contributed by atoms with Crippen LogP contribution in [0.15, 0.2) is 77.3 Å². The SMILES string of the molecule is COc1ccc(C2(c3ccc(OC)c(Br)c3)C=Cc3c(cc(N4CCSCC4)c4ccccc34)O2)cc1Cl. The van der Waals surface area contributed by atoms with Crippen LogP contribution in [-0.4, -0.2) is 38.8 Å². The van der Waals surface area contributed by atoms with E-state index in [1.165, 1.54) is 16.5 Å². The van der Waals surface area contributed by atoms with Gasteiger partial charge in [0, 0.05) is 58.4 Å². The summed E-state index contributed by atoms with van der Waals surface area (Å²) in [5, 5.41) is 2.97. The number of ether oxygens (including phenoxy) is 3. The lowest BCUT2D eigenvalue weighted by Gasteiger charge is -2.38. The minimum absolute atomic E-state index is 0.532. The van der Waals surface area contributed by atoms with Crippen molar-refractivity contribution in [1.29, 1.82) is 0 Å². The molecule has 0 amide bonds. The number of benzene rings is 4. The molecule has 0 saturated carbocycles. The molecule has 0 aromatic heterocycles. The minimum Gasteiger partial charge on any atom is -0.496 e. The van der Waals surface area contributed by atoms with Crippen molar-refractivity contribution in [3.8, 4) is 17.2 Å². The first-order valence-electron chi connectivity index (χ1n) is 12.5. The molecule has 4 aromatic carbocycles. The molecule has 1 saturated heterocycles. The van der Waals surface area contributed by atoms with Crippen molar-refractivity contribution < 1.29 is 14.2 Å². The highest BCUT2D eigenvalue weighted by molar-refractivity contribution is 9.10. The van der Waals surface area contributed by atoms with E-state index in [2.05, 4.69) is 69.4 Å². The molecule has 2 heterocycles. The lowest BCUT2D eigenvalue weighted by molar-refractivity contribution is 0.161. The topological polar surface area (TPSA) is 30.9 Å². The molecule has 0 spiro atoms. The number of methoxy groups -OCH3 is 2. The Morgan fingerprint density at radius 3 is 2.26 bits per heavy atom. The molecule has 38 heavy (non-hydrogen) atoms. The summed E-state index contributed by atoms with van der Waals surface area (Å²) in [7, 11) is 3.29. The fraction of sp³-hybridized carbons (Fsp3) is 0.226. The predicted molar refractivity (Wildman–Crippen MR) is 163 cm³/mol. The van der Waals surface area contributed by atoms with Gasteiger partial charge in [-0.1, -0.05) is 48.0 Å². The van der Waals surface area contributed by atoms with Gasteiger partial charge in [0.25, 0.3) is 0 Å². The van der Waals surface area contributed by atoms with E-state index in [1.807, 2.05) is 42.1 Å². The minimum atomic E-state index is -0.908. The van der Waals surface area contributed by atoms with Gasteiger partial charge in [0.15, 0.2) is 5.60 Å². The van der Waals surface area contributed by atoms with Crippen LogP contribution in [0.3, 0.4) is 0 Å². The molecule has 6 rings (SSSR count). The molecule has 2 aliphatic rings. The summed E-state index contributed by atoms with van der Waals surface area (Å²) < 4.78 is 18.9. The summed E-state index contributed by atoms with van der Waals surface area (Å²) in [5.74, 6) is 4.48. The lowest BCUT2D eigenvalue weighted by Crippen LogP contribution is -2.35. The van der Waals surface area contributed by atoms with Gasteiger partial charge in [0.05, 0.1) is 23.7 Å². The van der Waals surface area contributed by atoms with Crippen LogP contribution in [0, 0.1) is 0 Å². The van der Waals surface area contributed by atoms with E-state index in [1.54, 1.807) is 14.2 Å². The van der Waals surface area contributed by atoms with Gasteiger partial charge in [0.2, 0.25) is 0 Å². The molecule has 7 heteroatoms. The largest absolute Gasteiger partial charge is 0.496 e. The van der Waals surface area contributed by atoms with Gasteiger partial charge in [-0.05, 0) is 57.7 Å². The molecule has 4 aromatic rings. The van der Waals surface area contributed by atoms with Gasteiger partial charge in [0.1, 0.15) is 17.2 Å². The van der Waals surface area contributed by atoms with Gasteiger partial charge in [-0.2, -0.15) is 11.8 Å². The maximum atomic E-state index is 7.11. The average Bonchev–Trinajstić information content (AvgIpc) is 2.96. The van der Waals surface area contributed by atoms with Crippen molar-refractivity contribution in [2.45, 2.75) is 5.60 Å². The third-order valence-corrected chi connectivity index (χ3v) is 9.15. The third kappa shape index (κ3) is 4.33. The number of halogens is 2. The molecule has 1 atom stereocenters. The van der Waals surface area contributed by atoms with Crippen molar-refractivity contribution in [1.82, 2.24) is 0 Å². The second kappa shape index (κ2) is 10.4. The number of fused-ring (bicyclic) bond motifs is 3. The van der Waals surface area contributed by atoms with Crippen LogP contribution >= 0.6 is 39.3 Å². The third-order valence-electron chi connectivity index (χ3n) is 7.30. The average molecular weight is 609 g/mol. The maximum absolute atomic E-state index is 7.11. The molecular weight excluding hydrogens is 582 g/mol. The molecule has 0 N–H and O–H groups in total. The van der Waals surface area contributed by atoms with E-state index in [-0.39, 0.29) is 0 Å². The standard InChI is InChI=1S/C31H27BrClNO3S/c1-35-28-9-7-20(17-25(28)32)31(21-8-10-29(36-2)26(33)18-21)12-11-24-22-5-3-4-6-23(22)27(19-30(24)37-31)34-13-15-38-16-14-34/h3-12,17-19H,13-16H2,1-2H3. The monoisotopic (exact) mass is 607 g/mol. The first-order valence-corrected chi connectivity index (χ1v) is 14.8. The quantitative estimate of drug-likeness (QED) is 0.228. The van der Waals surface area contributed by atoms with Crippen molar-refractivity contribution in [3.05, 3.63) is 99.0 Å². The van der Waals surface area contributed by atoms with E-state index < -0.39 is 5.60 Å². The lowest BCUT2D eigenvalue weighted by atomic mass is 9.83. The molecule has 2 aliphatic heterocycles. The second-order valence-electron chi connectivity index (χ2n) is 9.32. The van der Waals surface area contributed by atoms with E-state index in [0.717, 1.165) is 57.3 Å². The summed E-state index contributed by atoms with van der Waals surface area (Å²) in [6, 6.07) is 22.7. The number of anilines is 1. The van der Waals surface area contributed by atoms with Crippen LogP contribution in [0.4, 0.5) is 5.69 Å². The summed E-state index contributed by atoms with van der Waals surface area (Å²) >= 11 is 12.3. The van der Waals surface area contributed by atoms with Crippen molar-refractivity contribution >= 4 is 61.8 Å². The molecule has 1 unspecified atom stereocenters. The molecular formula is C31H27BrClNO3S. The van der Waals surface area contributed by atoms with E-state index in [4.69, 9.17) is 25.8 Å². The van der Waals surface area contributed by atoms with E-state index in [0.29, 0.717) is 10.8 Å². The van der Waals surface area contributed by atoms with E-state index in [9.17, 15) is 0 Å². The first kappa shape index (κ1) is 25.5. The normalized spacial score (nSPS) is 18.7. The number of hydrogen-bond acceptors (Lipinski definition) is 5. The first-order chi connectivity index (χ1) is 18.5. The van der Waals surface area contributed by atoms with Crippen molar-refractivity contribution in [3.63, 3.8) is 0 Å².